The zero-order chi connectivity index (χ0) is 13.2. The van der Waals surface area contributed by atoms with E-state index in [0.717, 1.165) is 0 Å². The molecule has 0 atom stereocenters. The van der Waals surface area contributed by atoms with Crippen LogP contribution < -0.4 is 5.32 Å². The van der Waals surface area contributed by atoms with Crippen LogP contribution in [0.4, 0.5) is 0 Å². The highest BCUT2D eigenvalue weighted by atomic mass is 16.1. The zero-order valence-corrected chi connectivity index (χ0v) is 12.3. The van der Waals surface area contributed by atoms with Crippen LogP contribution in [0.2, 0.25) is 0 Å². The molecule has 106 valence electrons. The highest BCUT2D eigenvalue weighted by molar-refractivity contribution is 5.78. The molecular formula is C16H31NO. The molecule has 0 saturated heterocycles. The Kier molecular flexibility index (Phi) is 8.11. The van der Waals surface area contributed by atoms with E-state index in [2.05, 4.69) is 5.32 Å². The average molecular weight is 253 g/mol. The highest BCUT2D eigenvalue weighted by Gasteiger charge is 2.14. The highest BCUT2D eigenvalue weighted by Crippen LogP contribution is 2.17. The van der Waals surface area contributed by atoms with Crippen molar-refractivity contribution in [2.24, 2.45) is 5.92 Å². The van der Waals surface area contributed by atoms with Crippen LogP contribution in [0.3, 0.4) is 0 Å². The van der Waals surface area contributed by atoms with Crippen molar-refractivity contribution in [3.63, 3.8) is 0 Å². The molecule has 1 N–H and O–H groups in total. The zero-order valence-electron chi connectivity index (χ0n) is 12.3. The number of rotatable bonds is 2. The molecule has 0 bridgehead atoms. The lowest BCUT2D eigenvalue weighted by Crippen LogP contribution is -2.37. The normalized spacial score (nSPS) is 21.1. The number of nitrogens with one attached hydrogen (secondary N) is 1. The van der Waals surface area contributed by atoms with Gasteiger partial charge in [0.2, 0.25) is 5.91 Å². The molecule has 18 heavy (non-hydrogen) atoms. The summed E-state index contributed by atoms with van der Waals surface area (Å²) in [5, 5.41) is 3.23. The third-order valence-electron chi connectivity index (χ3n) is 3.98. The van der Waals surface area contributed by atoms with Crippen LogP contribution in [0.15, 0.2) is 0 Å². The summed E-state index contributed by atoms with van der Waals surface area (Å²) < 4.78 is 0. The van der Waals surface area contributed by atoms with Crippen LogP contribution in [0.25, 0.3) is 0 Å². The Bertz CT molecular complexity index is 213. The number of amides is 1. The molecule has 1 aliphatic rings. The molecule has 1 fully saturated rings. The second-order valence-corrected chi connectivity index (χ2v) is 6.12. The van der Waals surface area contributed by atoms with E-state index in [1.807, 2.05) is 13.8 Å². The molecule has 0 unspecified atom stereocenters. The molecule has 0 heterocycles. The fraction of sp³-hybridized carbons (Fsp3) is 0.938. The standard InChI is InChI=1S/C16H31NO/c1-14(2)16(18)17-15-12-10-8-6-4-3-5-7-9-11-13-15/h14-15H,3-13H2,1-2H3,(H,17,18). The molecule has 2 heteroatoms. The number of hydrogen-bond donors (Lipinski definition) is 1. The molecular weight excluding hydrogens is 222 g/mol. The Labute approximate surface area is 113 Å². The number of hydrogen-bond acceptors (Lipinski definition) is 1. The summed E-state index contributed by atoms with van der Waals surface area (Å²) in [6.07, 6.45) is 14.6. The van der Waals surface area contributed by atoms with Gasteiger partial charge in [0, 0.05) is 12.0 Å². The average Bonchev–Trinajstić information content (AvgIpc) is 2.32. The predicted molar refractivity (Wildman–Crippen MR) is 77.6 cm³/mol. The Morgan fingerprint density at radius 2 is 1.22 bits per heavy atom. The van der Waals surface area contributed by atoms with E-state index in [1.54, 1.807) is 0 Å². The lowest BCUT2D eigenvalue weighted by Gasteiger charge is -2.20. The largest absolute Gasteiger partial charge is 0.353 e. The molecule has 1 aliphatic carbocycles. The first-order valence-electron chi connectivity index (χ1n) is 8.00. The summed E-state index contributed by atoms with van der Waals surface area (Å²) in [6.45, 7) is 3.95. The summed E-state index contributed by atoms with van der Waals surface area (Å²) in [6, 6.07) is 0.430. The molecule has 1 amide bonds. The van der Waals surface area contributed by atoms with Crippen molar-refractivity contribution in [3.05, 3.63) is 0 Å². The van der Waals surface area contributed by atoms with E-state index in [1.165, 1.54) is 70.6 Å². The Morgan fingerprint density at radius 1 is 0.833 bits per heavy atom. The maximum atomic E-state index is 11.8. The van der Waals surface area contributed by atoms with Crippen LogP contribution in [0.1, 0.15) is 84.5 Å². The van der Waals surface area contributed by atoms with Crippen molar-refractivity contribution in [3.8, 4) is 0 Å². The van der Waals surface area contributed by atoms with Crippen molar-refractivity contribution in [1.29, 1.82) is 0 Å². The Morgan fingerprint density at radius 3 is 1.61 bits per heavy atom. The number of carbonyl (C=O) groups is 1. The van der Waals surface area contributed by atoms with Gasteiger partial charge in [-0.25, -0.2) is 0 Å². The van der Waals surface area contributed by atoms with Crippen LogP contribution in [0.5, 0.6) is 0 Å². The summed E-state index contributed by atoms with van der Waals surface area (Å²) in [7, 11) is 0. The second kappa shape index (κ2) is 9.41. The van der Waals surface area contributed by atoms with Crippen LogP contribution >= 0.6 is 0 Å². The van der Waals surface area contributed by atoms with E-state index < -0.39 is 0 Å². The second-order valence-electron chi connectivity index (χ2n) is 6.12. The summed E-state index contributed by atoms with van der Waals surface area (Å²) in [4.78, 5) is 11.8. The topological polar surface area (TPSA) is 29.1 Å². The van der Waals surface area contributed by atoms with Gasteiger partial charge in [0.05, 0.1) is 0 Å². The molecule has 0 aromatic carbocycles. The van der Waals surface area contributed by atoms with Crippen molar-refractivity contribution >= 4 is 5.91 Å². The van der Waals surface area contributed by atoms with E-state index >= 15 is 0 Å². The van der Waals surface area contributed by atoms with Gasteiger partial charge in [0.15, 0.2) is 0 Å². The maximum Gasteiger partial charge on any atom is 0.222 e. The summed E-state index contributed by atoms with van der Waals surface area (Å²) >= 11 is 0. The van der Waals surface area contributed by atoms with Crippen molar-refractivity contribution in [1.82, 2.24) is 5.32 Å². The van der Waals surface area contributed by atoms with E-state index in [9.17, 15) is 4.79 Å². The van der Waals surface area contributed by atoms with Crippen molar-refractivity contribution in [2.75, 3.05) is 0 Å². The van der Waals surface area contributed by atoms with Gasteiger partial charge in [-0.3, -0.25) is 4.79 Å². The Balaban J connectivity index is 2.34. The first kappa shape index (κ1) is 15.5. The van der Waals surface area contributed by atoms with E-state index in [0.29, 0.717) is 6.04 Å². The van der Waals surface area contributed by atoms with Gasteiger partial charge in [0.25, 0.3) is 0 Å². The molecule has 0 aromatic heterocycles. The van der Waals surface area contributed by atoms with Gasteiger partial charge in [-0.05, 0) is 12.8 Å². The number of carbonyl (C=O) groups excluding carboxylic acids is 1. The fourth-order valence-electron chi connectivity index (χ4n) is 2.68. The SMILES string of the molecule is CC(C)C(=O)NC1CCCCCCCCCCC1. The van der Waals surface area contributed by atoms with Gasteiger partial charge >= 0.3 is 0 Å². The van der Waals surface area contributed by atoms with Crippen LogP contribution in [0, 0.1) is 5.92 Å². The minimum absolute atomic E-state index is 0.117. The molecule has 0 radical (unpaired) electrons. The molecule has 2 nitrogen and oxygen atoms in total. The minimum atomic E-state index is 0.117. The lowest BCUT2D eigenvalue weighted by molar-refractivity contribution is -0.124. The summed E-state index contributed by atoms with van der Waals surface area (Å²) in [5.74, 6) is 0.346. The summed E-state index contributed by atoms with van der Waals surface area (Å²) in [5.41, 5.74) is 0. The van der Waals surface area contributed by atoms with Gasteiger partial charge in [0.1, 0.15) is 0 Å². The molecule has 1 rings (SSSR count). The van der Waals surface area contributed by atoms with Crippen molar-refractivity contribution in [2.45, 2.75) is 90.5 Å². The molecule has 0 aliphatic heterocycles. The van der Waals surface area contributed by atoms with Crippen molar-refractivity contribution < 1.29 is 4.79 Å². The predicted octanol–water partition coefficient (Wildman–Crippen LogP) is 4.43. The van der Waals surface area contributed by atoms with Gasteiger partial charge in [-0.2, -0.15) is 0 Å². The fourth-order valence-corrected chi connectivity index (χ4v) is 2.68. The van der Waals surface area contributed by atoms with E-state index in [4.69, 9.17) is 0 Å². The Hall–Kier alpha value is -0.530. The van der Waals surface area contributed by atoms with Gasteiger partial charge in [-0.1, -0.05) is 71.6 Å². The molecule has 1 saturated carbocycles. The smallest absolute Gasteiger partial charge is 0.222 e. The molecule has 0 spiro atoms. The van der Waals surface area contributed by atoms with Gasteiger partial charge < -0.3 is 5.32 Å². The maximum absolute atomic E-state index is 11.8. The lowest BCUT2D eigenvalue weighted by atomic mass is 9.97. The quantitative estimate of drug-likeness (QED) is 0.775. The van der Waals surface area contributed by atoms with Crippen LogP contribution in [-0.2, 0) is 4.79 Å². The third kappa shape index (κ3) is 7.03. The first-order chi connectivity index (χ1) is 8.70. The van der Waals surface area contributed by atoms with E-state index in [-0.39, 0.29) is 11.8 Å². The van der Waals surface area contributed by atoms with Crippen LogP contribution in [-0.4, -0.2) is 11.9 Å². The van der Waals surface area contributed by atoms with Gasteiger partial charge in [-0.15, -0.1) is 0 Å². The monoisotopic (exact) mass is 253 g/mol. The minimum Gasteiger partial charge on any atom is -0.353 e. The molecule has 0 aromatic rings. The first-order valence-corrected chi connectivity index (χ1v) is 8.00. The third-order valence-corrected chi connectivity index (χ3v) is 3.98.